The molecule has 0 saturated heterocycles. The molecule has 18 heavy (non-hydrogen) atoms. The van der Waals surface area contributed by atoms with Crippen molar-refractivity contribution in [1.82, 2.24) is 15.1 Å². The first kappa shape index (κ1) is 13.9. The minimum absolute atomic E-state index is 0.492. The lowest BCUT2D eigenvalue weighted by molar-refractivity contribution is 0.521. The first-order chi connectivity index (χ1) is 8.69. The Bertz CT molecular complexity index is 380. The molecule has 1 aliphatic carbocycles. The van der Waals surface area contributed by atoms with Crippen LogP contribution in [0.25, 0.3) is 0 Å². The minimum atomic E-state index is 0.492. The van der Waals surface area contributed by atoms with Gasteiger partial charge in [0.15, 0.2) is 0 Å². The van der Waals surface area contributed by atoms with E-state index in [9.17, 15) is 0 Å². The molecule has 2 rings (SSSR count). The summed E-state index contributed by atoms with van der Waals surface area (Å²) in [5.41, 5.74) is 2.48. The average molecular weight is 267 g/mol. The van der Waals surface area contributed by atoms with Crippen LogP contribution < -0.4 is 5.32 Å². The summed E-state index contributed by atoms with van der Waals surface area (Å²) in [6.07, 6.45) is 8.80. The van der Waals surface area contributed by atoms with Crippen LogP contribution in [0.3, 0.4) is 0 Å². The summed E-state index contributed by atoms with van der Waals surface area (Å²) in [6.45, 7) is 4.22. The fraction of sp³-hybridized carbons (Fsp3) is 0.786. The number of nitrogens with zero attached hydrogens (tertiary/aromatic N) is 2. The molecule has 1 fully saturated rings. The third kappa shape index (κ3) is 3.09. The standard InChI is InChI=1S/C14H25N3S/c1-4-12-9-13(17(2)16-12)10-15-11-14(18-3)7-5-6-8-14/h9,15H,4-8,10-11H2,1-3H3. The Morgan fingerprint density at radius 3 is 2.72 bits per heavy atom. The van der Waals surface area contributed by atoms with Crippen LogP contribution >= 0.6 is 11.8 Å². The molecule has 0 unspecified atom stereocenters. The molecule has 0 atom stereocenters. The fourth-order valence-corrected chi connectivity index (χ4v) is 3.74. The molecular weight excluding hydrogens is 242 g/mol. The van der Waals surface area contributed by atoms with Crippen LogP contribution in [-0.2, 0) is 20.0 Å². The van der Waals surface area contributed by atoms with Gasteiger partial charge in [-0.1, -0.05) is 19.8 Å². The molecule has 1 N–H and O–H groups in total. The molecule has 0 spiro atoms. The maximum Gasteiger partial charge on any atom is 0.0625 e. The van der Waals surface area contributed by atoms with Crippen LogP contribution in [0.2, 0.25) is 0 Å². The van der Waals surface area contributed by atoms with Crippen molar-refractivity contribution in [2.75, 3.05) is 12.8 Å². The van der Waals surface area contributed by atoms with Crippen LogP contribution in [0.5, 0.6) is 0 Å². The summed E-state index contributed by atoms with van der Waals surface area (Å²) in [6, 6.07) is 2.22. The summed E-state index contributed by atoms with van der Waals surface area (Å²) in [5, 5.41) is 8.12. The molecule has 1 aliphatic rings. The topological polar surface area (TPSA) is 29.9 Å². The zero-order chi connectivity index (χ0) is 13.0. The van der Waals surface area contributed by atoms with Gasteiger partial charge in [0.2, 0.25) is 0 Å². The highest BCUT2D eigenvalue weighted by Crippen LogP contribution is 2.39. The van der Waals surface area contributed by atoms with Crippen molar-refractivity contribution >= 4 is 11.8 Å². The second-order valence-electron chi connectivity index (χ2n) is 5.30. The predicted octanol–water partition coefficient (Wildman–Crippen LogP) is 2.75. The zero-order valence-corrected chi connectivity index (χ0v) is 12.6. The number of aromatic nitrogens is 2. The molecule has 1 heterocycles. The maximum absolute atomic E-state index is 4.49. The van der Waals surface area contributed by atoms with Gasteiger partial charge in [0.05, 0.1) is 11.4 Å². The van der Waals surface area contributed by atoms with Crippen molar-refractivity contribution in [2.24, 2.45) is 7.05 Å². The zero-order valence-electron chi connectivity index (χ0n) is 11.8. The second kappa shape index (κ2) is 6.11. The van der Waals surface area contributed by atoms with E-state index >= 15 is 0 Å². The van der Waals surface area contributed by atoms with Crippen molar-refractivity contribution < 1.29 is 0 Å². The highest BCUT2D eigenvalue weighted by molar-refractivity contribution is 8.00. The van der Waals surface area contributed by atoms with E-state index in [0.29, 0.717) is 4.75 Å². The number of rotatable bonds is 6. The van der Waals surface area contributed by atoms with Gasteiger partial charge in [0.1, 0.15) is 0 Å². The lowest BCUT2D eigenvalue weighted by Crippen LogP contribution is -2.35. The average Bonchev–Trinajstić information content (AvgIpc) is 2.98. The highest BCUT2D eigenvalue weighted by atomic mass is 32.2. The molecule has 1 saturated carbocycles. The predicted molar refractivity (Wildman–Crippen MR) is 79.0 cm³/mol. The summed E-state index contributed by atoms with van der Waals surface area (Å²) in [4.78, 5) is 0. The third-order valence-electron chi connectivity index (χ3n) is 4.09. The monoisotopic (exact) mass is 267 g/mol. The summed E-state index contributed by atoms with van der Waals surface area (Å²) in [5.74, 6) is 0. The van der Waals surface area contributed by atoms with E-state index < -0.39 is 0 Å². The van der Waals surface area contributed by atoms with E-state index in [1.807, 2.05) is 23.5 Å². The highest BCUT2D eigenvalue weighted by Gasteiger charge is 2.32. The first-order valence-electron chi connectivity index (χ1n) is 6.97. The Morgan fingerprint density at radius 2 is 2.17 bits per heavy atom. The first-order valence-corrected chi connectivity index (χ1v) is 8.19. The number of thioether (sulfide) groups is 1. The Labute approximate surface area is 115 Å². The Morgan fingerprint density at radius 1 is 1.44 bits per heavy atom. The summed E-state index contributed by atoms with van der Waals surface area (Å²) in [7, 11) is 2.04. The lowest BCUT2D eigenvalue weighted by Gasteiger charge is -2.27. The normalized spacial score (nSPS) is 18.4. The van der Waals surface area contributed by atoms with E-state index in [0.717, 1.165) is 19.5 Å². The van der Waals surface area contributed by atoms with Gasteiger partial charge in [0, 0.05) is 24.9 Å². The van der Waals surface area contributed by atoms with E-state index in [-0.39, 0.29) is 0 Å². The van der Waals surface area contributed by atoms with Gasteiger partial charge in [-0.25, -0.2) is 0 Å². The molecule has 1 aromatic heterocycles. The molecule has 3 nitrogen and oxygen atoms in total. The lowest BCUT2D eigenvalue weighted by atomic mass is 10.1. The van der Waals surface area contributed by atoms with Crippen LogP contribution in [0.15, 0.2) is 6.07 Å². The molecule has 0 aliphatic heterocycles. The molecule has 0 aromatic carbocycles. The van der Waals surface area contributed by atoms with Crippen LogP contribution in [0.4, 0.5) is 0 Å². The minimum Gasteiger partial charge on any atom is -0.310 e. The SMILES string of the molecule is CCc1cc(CNCC2(SC)CCCC2)n(C)n1. The molecule has 0 bridgehead atoms. The Kier molecular flexibility index (Phi) is 4.73. The summed E-state index contributed by atoms with van der Waals surface area (Å²) < 4.78 is 2.50. The maximum atomic E-state index is 4.49. The Balaban J connectivity index is 1.85. The van der Waals surface area contributed by atoms with E-state index in [2.05, 4.69) is 29.7 Å². The van der Waals surface area contributed by atoms with Crippen LogP contribution in [-0.4, -0.2) is 27.3 Å². The number of hydrogen-bond acceptors (Lipinski definition) is 3. The second-order valence-corrected chi connectivity index (χ2v) is 6.58. The third-order valence-corrected chi connectivity index (χ3v) is 5.51. The van der Waals surface area contributed by atoms with Gasteiger partial charge in [0.25, 0.3) is 0 Å². The quantitative estimate of drug-likeness (QED) is 0.859. The fourth-order valence-electron chi connectivity index (χ4n) is 2.80. The van der Waals surface area contributed by atoms with Gasteiger partial charge in [-0.3, -0.25) is 4.68 Å². The van der Waals surface area contributed by atoms with Crippen molar-refractivity contribution in [2.45, 2.75) is 50.3 Å². The van der Waals surface area contributed by atoms with Gasteiger partial charge >= 0.3 is 0 Å². The van der Waals surface area contributed by atoms with Crippen LogP contribution in [0.1, 0.15) is 44.0 Å². The molecular formula is C14H25N3S. The molecule has 0 amide bonds. The van der Waals surface area contributed by atoms with E-state index in [1.54, 1.807) is 0 Å². The van der Waals surface area contributed by atoms with Gasteiger partial charge in [-0.05, 0) is 31.6 Å². The number of nitrogens with one attached hydrogen (secondary N) is 1. The van der Waals surface area contributed by atoms with Gasteiger partial charge in [-0.15, -0.1) is 0 Å². The van der Waals surface area contributed by atoms with Crippen LogP contribution in [0, 0.1) is 0 Å². The number of aryl methyl sites for hydroxylation is 2. The van der Waals surface area contributed by atoms with Gasteiger partial charge in [-0.2, -0.15) is 16.9 Å². The smallest absolute Gasteiger partial charge is 0.0625 e. The molecule has 1 aromatic rings. The molecule has 0 radical (unpaired) electrons. The van der Waals surface area contributed by atoms with Gasteiger partial charge < -0.3 is 5.32 Å². The van der Waals surface area contributed by atoms with Crippen molar-refractivity contribution in [3.05, 3.63) is 17.5 Å². The van der Waals surface area contributed by atoms with E-state index in [1.165, 1.54) is 37.1 Å². The van der Waals surface area contributed by atoms with Crippen molar-refractivity contribution in [3.8, 4) is 0 Å². The molecule has 102 valence electrons. The van der Waals surface area contributed by atoms with Crippen molar-refractivity contribution in [3.63, 3.8) is 0 Å². The Hall–Kier alpha value is -0.480. The largest absolute Gasteiger partial charge is 0.310 e. The van der Waals surface area contributed by atoms with E-state index in [4.69, 9.17) is 0 Å². The molecule has 4 heteroatoms. The number of hydrogen-bond donors (Lipinski definition) is 1. The summed E-state index contributed by atoms with van der Waals surface area (Å²) >= 11 is 2.04. The van der Waals surface area contributed by atoms with Crippen molar-refractivity contribution in [1.29, 1.82) is 0 Å².